The molecular weight excluding hydrogens is 454 g/mol. The Morgan fingerprint density at radius 2 is 1.42 bits per heavy atom. The standard InChI is InChI=1S/C30H23NO5/c32-26-15-24(30(33)34)16-28(17-26)35-18-20-5-7-21(8-6-20)22-10-13-27(14-11-22)36-19-25-12-9-23-3-1-2-4-29(23)31-25/h1-17,32H,18-19H2,(H,33,34). The molecule has 0 saturated heterocycles. The first-order valence-corrected chi connectivity index (χ1v) is 11.4. The van der Waals surface area contributed by atoms with Crippen LogP contribution in [0.1, 0.15) is 21.6 Å². The van der Waals surface area contributed by atoms with Crippen LogP contribution in [0.25, 0.3) is 22.0 Å². The zero-order valence-electron chi connectivity index (χ0n) is 19.3. The molecule has 5 aromatic rings. The normalized spacial score (nSPS) is 10.8. The number of pyridine rings is 1. The Hall–Kier alpha value is -4.84. The highest BCUT2D eigenvalue weighted by atomic mass is 16.5. The summed E-state index contributed by atoms with van der Waals surface area (Å²) in [6.07, 6.45) is 0. The van der Waals surface area contributed by atoms with E-state index in [1.807, 2.05) is 78.9 Å². The minimum absolute atomic E-state index is 0.0266. The Morgan fingerprint density at radius 3 is 2.17 bits per heavy atom. The number of aromatic nitrogens is 1. The van der Waals surface area contributed by atoms with Gasteiger partial charge in [0.25, 0.3) is 0 Å². The molecule has 0 aliphatic rings. The highest BCUT2D eigenvalue weighted by Gasteiger charge is 2.08. The number of aromatic carboxylic acids is 1. The van der Waals surface area contributed by atoms with Gasteiger partial charge in [-0.15, -0.1) is 0 Å². The zero-order chi connectivity index (χ0) is 24.9. The van der Waals surface area contributed by atoms with Gasteiger partial charge in [0.1, 0.15) is 30.5 Å². The number of carboxylic acids is 1. The van der Waals surface area contributed by atoms with Crippen LogP contribution in [0.4, 0.5) is 0 Å². The van der Waals surface area contributed by atoms with E-state index in [4.69, 9.17) is 14.6 Å². The molecule has 0 saturated carbocycles. The van der Waals surface area contributed by atoms with E-state index in [0.717, 1.165) is 39.0 Å². The van der Waals surface area contributed by atoms with E-state index in [2.05, 4.69) is 11.1 Å². The first-order valence-electron chi connectivity index (χ1n) is 11.4. The molecular formula is C30H23NO5. The molecule has 1 heterocycles. The van der Waals surface area contributed by atoms with Crippen LogP contribution in [0.5, 0.6) is 17.2 Å². The van der Waals surface area contributed by atoms with Crippen LogP contribution in [0.15, 0.2) is 103 Å². The van der Waals surface area contributed by atoms with Gasteiger partial charge in [-0.2, -0.15) is 0 Å². The van der Waals surface area contributed by atoms with Gasteiger partial charge in [0.05, 0.1) is 16.8 Å². The number of rotatable bonds is 8. The number of para-hydroxylation sites is 1. The van der Waals surface area contributed by atoms with Gasteiger partial charge in [0.15, 0.2) is 0 Å². The molecule has 0 radical (unpaired) electrons. The highest BCUT2D eigenvalue weighted by Crippen LogP contribution is 2.25. The average molecular weight is 478 g/mol. The van der Waals surface area contributed by atoms with E-state index >= 15 is 0 Å². The molecule has 0 aliphatic heterocycles. The highest BCUT2D eigenvalue weighted by molar-refractivity contribution is 5.88. The maximum atomic E-state index is 11.1. The maximum Gasteiger partial charge on any atom is 0.335 e. The quantitative estimate of drug-likeness (QED) is 0.266. The number of ether oxygens (including phenoxy) is 2. The molecule has 0 unspecified atom stereocenters. The van der Waals surface area contributed by atoms with Gasteiger partial charge in [-0.05, 0) is 53.1 Å². The number of aromatic hydroxyl groups is 1. The van der Waals surface area contributed by atoms with Crippen molar-refractivity contribution >= 4 is 16.9 Å². The van der Waals surface area contributed by atoms with Gasteiger partial charge in [0.2, 0.25) is 0 Å². The summed E-state index contributed by atoms with van der Waals surface area (Å²) >= 11 is 0. The molecule has 36 heavy (non-hydrogen) atoms. The SMILES string of the molecule is O=C(O)c1cc(O)cc(OCc2ccc(-c3ccc(OCc4ccc5ccccc5n4)cc3)cc2)c1. The van der Waals surface area contributed by atoms with Crippen molar-refractivity contribution in [3.05, 3.63) is 120 Å². The summed E-state index contributed by atoms with van der Waals surface area (Å²) in [6, 6.07) is 31.8. The molecule has 5 rings (SSSR count). The van der Waals surface area contributed by atoms with Gasteiger partial charge in [-0.3, -0.25) is 0 Å². The molecule has 6 nitrogen and oxygen atoms in total. The third kappa shape index (κ3) is 5.45. The summed E-state index contributed by atoms with van der Waals surface area (Å²) in [5, 5.41) is 19.9. The fraction of sp³-hybridized carbons (Fsp3) is 0.0667. The Balaban J connectivity index is 1.19. The van der Waals surface area contributed by atoms with E-state index < -0.39 is 5.97 Å². The minimum atomic E-state index is -1.12. The Labute approximate surface area is 208 Å². The summed E-state index contributed by atoms with van der Waals surface area (Å²) in [6.45, 7) is 0.643. The molecule has 0 aliphatic carbocycles. The fourth-order valence-corrected chi connectivity index (χ4v) is 3.84. The van der Waals surface area contributed by atoms with Crippen molar-refractivity contribution in [2.75, 3.05) is 0 Å². The Kier molecular flexibility index (Phi) is 6.49. The predicted molar refractivity (Wildman–Crippen MR) is 137 cm³/mol. The lowest BCUT2D eigenvalue weighted by molar-refractivity contribution is 0.0695. The minimum Gasteiger partial charge on any atom is -0.508 e. The summed E-state index contributed by atoms with van der Waals surface area (Å²) < 4.78 is 11.6. The lowest BCUT2D eigenvalue weighted by Gasteiger charge is -2.10. The fourth-order valence-electron chi connectivity index (χ4n) is 3.84. The zero-order valence-corrected chi connectivity index (χ0v) is 19.3. The van der Waals surface area contributed by atoms with Crippen LogP contribution in [0.2, 0.25) is 0 Å². The summed E-state index contributed by atoms with van der Waals surface area (Å²) in [7, 11) is 0. The largest absolute Gasteiger partial charge is 0.508 e. The molecule has 2 N–H and O–H groups in total. The van der Waals surface area contributed by atoms with Crippen molar-refractivity contribution in [3.8, 4) is 28.4 Å². The third-order valence-corrected chi connectivity index (χ3v) is 5.73. The monoisotopic (exact) mass is 477 g/mol. The van der Waals surface area contributed by atoms with Crippen molar-refractivity contribution < 1.29 is 24.5 Å². The number of fused-ring (bicyclic) bond motifs is 1. The Morgan fingerprint density at radius 1 is 0.722 bits per heavy atom. The molecule has 0 bridgehead atoms. The first-order chi connectivity index (χ1) is 17.5. The van der Waals surface area contributed by atoms with E-state index in [1.165, 1.54) is 18.2 Å². The van der Waals surface area contributed by atoms with E-state index in [1.54, 1.807) is 0 Å². The number of hydrogen-bond acceptors (Lipinski definition) is 5. The lowest BCUT2D eigenvalue weighted by atomic mass is 10.0. The Bertz CT molecular complexity index is 1510. The van der Waals surface area contributed by atoms with Gasteiger partial charge < -0.3 is 19.7 Å². The molecule has 178 valence electrons. The summed E-state index contributed by atoms with van der Waals surface area (Å²) in [4.78, 5) is 15.8. The van der Waals surface area contributed by atoms with Crippen molar-refractivity contribution in [1.82, 2.24) is 4.98 Å². The van der Waals surface area contributed by atoms with E-state index in [9.17, 15) is 9.90 Å². The van der Waals surface area contributed by atoms with Crippen LogP contribution >= 0.6 is 0 Å². The predicted octanol–water partition coefficient (Wildman–Crippen LogP) is 6.46. The van der Waals surface area contributed by atoms with Gasteiger partial charge in [-0.25, -0.2) is 9.78 Å². The number of carboxylic acid groups (broad SMARTS) is 1. The topological polar surface area (TPSA) is 88.9 Å². The van der Waals surface area contributed by atoms with Gasteiger partial charge >= 0.3 is 5.97 Å². The third-order valence-electron chi connectivity index (χ3n) is 5.73. The summed E-state index contributed by atoms with van der Waals surface area (Å²) in [5.41, 5.74) is 4.82. The second-order valence-electron chi connectivity index (χ2n) is 8.31. The molecule has 0 amide bonds. The van der Waals surface area contributed by atoms with E-state index in [-0.39, 0.29) is 17.9 Å². The van der Waals surface area contributed by atoms with Crippen LogP contribution in [-0.2, 0) is 13.2 Å². The number of carbonyl (C=O) groups is 1. The van der Waals surface area contributed by atoms with Crippen molar-refractivity contribution in [1.29, 1.82) is 0 Å². The van der Waals surface area contributed by atoms with Crippen LogP contribution in [-0.4, -0.2) is 21.2 Å². The maximum absolute atomic E-state index is 11.1. The van der Waals surface area contributed by atoms with Crippen molar-refractivity contribution in [3.63, 3.8) is 0 Å². The molecule has 4 aromatic carbocycles. The van der Waals surface area contributed by atoms with Crippen LogP contribution < -0.4 is 9.47 Å². The number of phenolic OH excluding ortho intramolecular Hbond substituents is 1. The average Bonchev–Trinajstić information content (AvgIpc) is 2.91. The van der Waals surface area contributed by atoms with Gasteiger partial charge in [0, 0.05) is 11.5 Å². The molecule has 6 heteroatoms. The molecule has 0 fully saturated rings. The van der Waals surface area contributed by atoms with Crippen LogP contribution in [0, 0.1) is 0 Å². The molecule has 0 spiro atoms. The van der Waals surface area contributed by atoms with E-state index in [0.29, 0.717) is 12.4 Å². The van der Waals surface area contributed by atoms with Gasteiger partial charge in [-0.1, -0.05) is 60.7 Å². The second kappa shape index (κ2) is 10.2. The smallest absolute Gasteiger partial charge is 0.335 e. The second-order valence-corrected chi connectivity index (χ2v) is 8.31. The first kappa shape index (κ1) is 22.9. The van der Waals surface area contributed by atoms with Crippen molar-refractivity contribution in [2.24, 2.45) is 0 Å². The summed E-state index contributed by atoms with van der Waals surface area (Å²) in [5.74, 6) is -0.209. The molecule has 1 aromatic heterocycles. The number of hydrogen-bond donors (Lipinski definition) is 2. The number of phenols is 1. The van der Waals surface area contributed by atoms with Crippen LogP contribution in [0.3, 0.4) is 0 Å². The van der Waals surface area contributed by atoms with Crippen molar-refractivity contribution in [2.45, 2.75) is 13.2 Å². The number of benzene rings is 4. The number of nitrogens with zero attached hydrogens (tertiary/aromatic N) is 1. The molecule has 0 atom stereocenters. The lowest BCUT2D eigenvalue weighted by Crippen LogP contribution is -1.99.